The van der Waals surface area contributed by atoms with Crippen molar-refractivity contribution in [2.75, 3.05) is 29.9 Å². The van der Waals surface area contributed by atoms with E-state index in [1.165, 1.54) is 21.8 Å². The predicted molar refractivity (Wildman–Crippen MR) is 137 cm³/mol. The van der Waals surface area contributed by atoms with Crippen LogP contribution in [0.25, 0.3) is 10.8 Å². The van der Waals surface area contributed by atoms with Crippen LogP contribution in [0.4, 0.5) is 5.69 Å². The smallest absolute Gasteiger partial charge is 0.276 e. The number of carbonyl (C=O) groups is 1. The van der Waals surface area contributed by atoms with Gasteiger partial charge in [0, 0.05) is 48.8 Å². The van der Waals surface area contributed by atoms with Gasteiger partial charge < -0.3 is 5.32 Å². The second-order valence-corrected chi connectivity index (χ2v) is 9.85. The van der Waals surface area contributed by atoms with E-state index >= 15 is 0 Å². The van der Waals surface area contributed by atoms with Crippen LogP contribution >= 0.6 is 11.8 Å². The number of anilines is 1. The van der Waals surface area contributed by atoms with Crippen molar-refractivity contribution < 1.29 is 4.79 Å². The van der Waals surface area contributed by atoms with Gasteiger partial charge in [-0.2, -0.15) is 16.9 Å². The molecule has 4 rings (SSSR count). The first-order valence-corrected chi connectivity index (χ1v) is 12.9. The third-order valence-electron chi connectivity index (χ3n) is 6.12. The number of aromatic nitrogens is 2. The number of rotatable bonds is 8. The van der Waals surface area contributed by atoms with Crippen molar-refractivity contribution in [3.05, 3.63) is 69.6 Å². The van der Waals surface area contributed by atoms with Gasteiger partial charge in [0.25, 0.3) is 11.5 Å². The molecule has 1 aliphatic heterocycles. The van der Waals surface area contributed by atoms with Crippen LogP contribution in [0, 0.1) is 6.92 Å². The number of unbranched alkanes of at least 4 members (excludes halogenated alkanes) is 2. The van der Waals surface area contributed by atoms with E-state index in [0.29, 0.717) is 23.0 Å². The predicted octanol–water partition coefficient (Wildman–Crippen LogP) is 4.70. The molecule has 33 heavy (non-hydrogen) atoms. The van der Waals surface area contributed by atoms with Gasteiger partial charge in [0.1, 0.15) is 0 Å². The maximum absolute atomic E-state index is 13.4. The Bertz CT molecular complexity index is 1180. The molecule has 7 heteroatoms. The van der Waals surface area contributed by atoms with Crippen LogP contribution in [0.15, 0.2) is 47.3 Å². The normalized spacial score (nSPS) is 14.5. The van der Waals surface area contributed by atoms with Crippen LogP contribution in [-0.2, 0) is 13.1 Å². The van der Waals surface area contributed by atoms with Crippen molar-refractivity contribution in [3.63, 3.8) is 0 Å². The van der Waals surface area contributed by atoms with Crippen molar-refractivity contribution in [1.82, 2.24) is 14.7 Å². The highest BCUT2D eigenvalue weighted by molar-refractivity contribution is 7.99. The van der Waals surface area contributed by atoms with E-state index in [1.54, 1.807) is 12.1 Å². The largest absolute Gasteiger partial charge is 0.320 e. The Hall–Kier alpha value is -2.64. The summed E-state index contributed by atoms with van der Waals surface area (Å²) in [6.07, 6.45) is 2.94. The molecular formula is C26H32N4O2S. The molecule has 0 radical (unpaired) electrons. The summed E-state index contributed by atoms with van der Waals surface area (Å²) in [7, 11) is 0. The minimum atomic E-state index is -0.287. The Morgan fingerprint density at radius 3 is 2.61 bits per heavy atom. The standard InChI is InChI=1S/C26H32N4O2S/c1-3-4-7-12-30-26(32)22-9-6-5-8-21(22)24(28-30)25(31)27-23-17-20(11-10-19(23)2)18-29-13-15-33-16-14-29/h5-6,8-11,17H,3-4,7,12-16,18H2,1-2H3,(H,27,31). The van der Waals surface area contributed by atoms with E-state index in [2.05, 4.69) is 40.4 Å². The molecule has 0 spiro atoms. The SMILES string of the molecule is CCCCCn1nc(C(=O)Nc2cc(CN3CCSCC3)ccc2C)c2ccccc2c1=O. The van der Waals surface area contributed by atoms with Gasteiger partial charge in [-0.3, -0.25) is 14.5 Å². The zero-order chi connectivity index (χ0) is 23.2. The van der Waals surface area contributed by atoms with Crippen LogP contribution in [-0.4, -0.2) is 45.2 Å². The molecule has 1 aromatic heterocycles. The maximum atomic E-state index is 13.4. The first-order chi connectivity index (χ1) is 16.1. The highest BCUT2D eigenvalue weighted by atomic mass is 32.2. The number of thioether (sulfide) groups is 1. The fraction of sp³-hybridized carbons (Fsp3) is 0.423. The molecule has 0 unspecified atom stereocenters. The third-order valence-corrected chi connectivity index (χ3v) is 7.06. The van der Waals surface area contributed by atoms with E-state index in [0.717, 1.165) is 50.1 Å². The van der Waals surface area contributed by atoms with Crippen LogP contribution in [0.1, 0.15) is 47.8 Å². The number of aryl methyl sites for hydroxylation is 2. The zero-order valence-electron chi connectivity index (χ0n) is 19.5. The van der Waals surface area contributed by atoms with E-state index in [4.69, 9.17) is 0 Å². The third kappa shape index (κ3) is 5.65. The fourth-order valence-corrected chi connectivity index (χ4v) is 5.15. The molecule has 1 saturated heterocycles. The summed E-state index contributed by atoms with van der Waals surface area (Å²) in [6.45, 7) is 7.70. The molecule has 0 atom stereocenters. The Kier molecular flexibility index (Phi) is 7.83. The van der Waals surface area contributed by atoms with Crippen molar-refractivity contribution in [2.24, 2.45) is 0 Å². The van der Waals surface area contributed by atoms with Crippen molar-refractivity contribution >= 4 is 34.1 Å². The van der Waals surface area contributed by atoms with Gasteiger partial charge in [0.2, 0.25) is 0 Å². The molecule has 1 fully saturated rings. The van der Waals surface area contributed by atoms with Gasteiger partial charge >= 0.3 is 0 Å². The second-order valence-electron chi connectivity index (χ2n) is 8.62. The van der Waals surface area contributed by atoms with Crippen molar-refractivity contribution in [3.8, 4) is 0 Å². The number of benzene rings is 2. The van der Waals surface area contributed by atoms with Crippen LogP contribution in [0.3, 0.4) is 0 Å². The number of hydrogen-bond acceptors (Lipinski definition) is 5. The average Bonchev–Trinajstić information content (AvgIpc) is 2.83. The number of carbonyl (C=O) groups excluding carboxylic acids is 1. The molecular weight excluding hydrogens is 432 g/mol. The van der Waals surface area contributed by atoms with Gasteiger partial charge in [-0.25, -0.2) is 4.68 Å². The summed E-state index contributed by atoms with van der Waals surface area (Å²) in [4.78, 5) is 28.7. The van der Waals surface area contributed by atoms with Gasteiger partial charge in [-0.15, -0.1) is 0 Å². The molecule has 0 bridgehead atoms. The topological polar surface area (TPSA) is 67.2 Å². The number of amides is 1. The summed E-state index contributed by atoms with van der Waals surface area (Å²) in [6, 6.07) is 13.5. The van der Waals surface area contributed by atoms with Crippen LogP contribution < -0.4 is 10.9 Å². The summed E-state index contributed by atoms with van der Waals surface area (Å²) in [5, 5.41) is 8.69. The molecule has 174 valence electrons. The Morgan fingerprint density at radius 1 is 1.09 bits per heavy atom. The van der Waals surface area contributed by atoms with Gasteiger partial charge in [-0.1, -0.05) is 50.1 Å². The Balaban J connectivity index is 1.61. The lowest BCUT2D eigenvalue weighted by Crippen LogP contribution is -2.32. The summed E-state index contributed by atoms with van der Waals surface area (Å²) < 4.78 is 1.45. The number of fused-ring (bicyclic) bond motifs is 1. The number of nitrogens with zero attached hydrogens (tertiary/aromatic N) is 3. The van der Waals surface area contributed by atoms with E-state index in [-0.39, 0.29) is 11.5 Å². The lowest BCUT2D eigenvalue weighted by atomic mass is 10.1. The molecule has 3 aromatic rings. The molecule has 6 nitrogen and oxygen atoms in total. The summed E-state index contributed by atoms with van der Waals surface area (Å²) in [5.74, 6) is 2.05. The van der Waals surface area contributed by atoms with E-state index in [9.17, 15) is 9.59 Å². The highest BCUT2D eigenvalue weighted by Crippen LogP contribution is 2.22. The van der Waals surface area contributed by atoms with Crippen molar-refractivity contribution in [1.29, 1.82) is 0 Å². The van der Waals surface area contributed by atoms with E-state index < -0.39 is 0 Å². The van der Waals surface area contributed by atoms with Crippen molar-refractivity contribution in [2.45, 2.75) is 46.2 Å². The van der Waals surface area contributed by atoms with Crippen LogP contribution in [0.5, 0.6) is 0 Å². The lowest BCUT2D eigenvalue weighted by Gasteiger charge is -2.26. The maximum Gasteiger partial charge on any atom is 0.276 e. The second kappa shape index (κ2) is 11.0. The first-order valence-electron chi connectivity index (χ1n) is 11.8. The number of nitrogens with one attached hydrogen (secondary N) is 1. The minimum absolute atomic E-state index is 0.142. The van der Waals surface area contributed by atoms with Crippen LogP contribution in [0.2, 0.25) is 0 Å². The Morgan fingerprint density at radius 2 is 1.85 bits per heavy atom. The molecule has 0 aliphatic carbocycles. The van der Waals surface area contributed by atoms with E-state index in [1.807, 2.05) is 30.8 Å². The van der Waals surface area contributed by atoms with Gasteiger partial charge in [0.15, 0.2) is 5.69 Å². The molecule has 0 saturated carbocycles. The molecule has 1 N–H and O–H groups in total. The molecule has 1 aliphatic rings. The average molecular weight is 465 g/mol. The summed E-state index contributed by atoms with van der Waals surface area (Å²) in [5.41, 5.74) is 3.13. The summed E-state index contributed by atoms with van der Waals surface area (Å²) >= 11 is 2.00. The zero-order valence-corrected chi connectivity index (χ0v) is 20.3. The fourth-order valence-electron chi connectivity index (χ4n) is 4.17. The molecule has 2 heterocycles. The van der Waals surface area contributed by atoms with Gasteiger partial charge in [0.05, 0.1) is 5.39 Å². The van der Waals surface area contributed by atoms with Gasteiger partial charge in [-0.05, 0) is 36.6 Å². The molecule has 2 aromatic carbocycles. The minimum Gasteiger partial charge on any atom is -0.320 e. The highest BCUT2D eigenvalue weighted by Gasteiger charge is 2.18. The number of hydrogen-bond donors (Lipinski definition) is 1. The molecule has 1 amide bonds. The lowest BCUT2D eigenvalue weighted by molar-refractivity contribution is 0.102. The first kappa shape index (κ1) is 23.5. The Labute approximate surface area is 199 Å². The quantitative estimate of drug-likeness (QED) is 0.490. The monoisotopic (exact) mass is 464 g/mol.